The van der Waals surface area contributed by atoms with Crippen molar-refractivity contribution in [2.45, 2.75) is 34.1 Å². The molecule has 0 N–H and O–H groups in total. The normalized spacial score (nSPS) is 22.0. The topological polar surface area (TPSA) is 54.5 Å². The molecule has 84 valence electrons. The van der Waals surface area contributed by atoms with E-state index in [0.29, 0.717) is 0 Å². The molecule has 1 aliphatic rings. The minimum atomic E-state index is -0.381. The third kappa shape index (κ3) is 2.08. The van der Waals surface area contributed by atoms with Gasteiger partial charge in [0.1, 0.15) is 0 Å². The van der Waals surface area contributed by atoms with Gasteiger partial charge in [-0.05, 0) is 5.92 Å². The second-order valence-electron chi connectivity index (χ2n) is 4.61. The van der Waals surface area contributed by atoms with Gasteiger partial charge >= 0.3 is 0 Å². The molecular weight excluding hydrogens is 194 g/mol. The van der Waals surface area contributed by atoms with Gasteiger partial charge in [0.2, 0.25) is 17.7 Å². The molecule has 1 heterocycles. The lowest BCUT2D eigenvalue weighted by molar-refractivity contribution is -0.151. The smallest absolute Gasteiger partial charge is 0.239 e. The molecule has 0 aromatic rings. The number of rotatable bonds is 2. The van der Waals surface area contributed by atoms with Crippen molar-refractivity contribution >= 4 is 17.7 Å². The van der Waals surface area contributed by atoms with Crippen molar-refractivity contribution in [3.8, 4) is 0 Å². The number of imide groups is 3. The molecular formula is C11H17NO3. The molecule has 1 atom stereocenters. The zero-order chi connectivity index (χ0) is 11.7. The predicted octanol–water partition coefficient (Wildman–Crippen LogP) is 1.20. The van der Waals surface area contributed by atoms with Crippen LogP contribution in [0.1, 0.15) is 34.1 Å². The van der Waals surface area contributed by atoms with Crippen LogP contribution >= 0.6 is 0 Å². The van der Waals surface area contributed by atoms with Crippen molar-refractivity contribution in [3.05, 3.63) is 0 Å². The Morgan fingerprint density at radius 2 is 1.80 bits per heavy atom. The number of hydrogen-bond donors (Lipinski definition) is 0. The monoisotopic (exact) mass is 211 g/mol. The van der Waals surface area contributed by atoms with Gasteiger partial charge < -0.3 is 0 Å². The number of nitrogens with zero attached hydrogens (tertiary/aromatic N) is 1. The van der Waals surface area contributed by atoms with E-state index in [9.17, 15) is 14.4 Å². The van der Waals surface area contributed by atoms with Crippen LogP contribution < -0.4 is 0 Å². The summed E-state index contributed by atoms with van der Waals surface area (Å²) in [6.45, 7) is 7.15. The van der Waals surface area contributed by atoms with Crippen molar-refractivity contribution in [1.82, 2.24) is 4.90 Å². The van der Waals surface area contributed by atoms with Crippen LogP contribution in [0.2, 0.25) is 0 Å². The molecule has 0 spiro atoms. The van der Waals surface area contributed by atoms with Crippen LogP contribution in [0.4, 0.5) is 0 Å². The quantitative estimate of drug-likeness (QED) is 0.645. The molecule has 1 fully saturated rings. The highest BCUT2D eigenvalue weighted by Gasteiger charge is 2.43. The van der Waals surface area contributed by atoms with Gasteiger partial charge in [-0.2, -0.15) is 0 Å². The number of hydrogen-bond acceptors (Lipinski definition) is 3. The second kappa shape index (κ2) is 4.13. The summed E-state index contributed by atoms with van der Waals surface area (Å²) in [5, 5.41) is 0. The van der Waals surface area contributed by atoms with Crippen LogP contribution in [0.25, 0.3) is 0 Å². The van der Waals surface area contributed by atoms with Crippen LogP contribution in [0.5, 0.6) is 0 Å². The minimum Gasteiger partial charge on any atom is -0.274 e. The highest BCUT2D eigenvalue weighted by atomic mass is 16.2. The molecule has 3 amide bonds. The molecule has 4 heteroatoms. The standard InChI is InChI=1S/C11H17NO3/c1-6(2)8-5-9(13)12(11(8)15)10(14)7(3)4/h6-8H,5H2,1-4H3. The zero-order valence-corrected chi connectivity index (χ0v) is 9.61. The van der Waals surface area contributed by atoms with Gasteiger partial charge in [0, 0.05) is 12.3 Å². The fraction of sp³-hybridized carbons (Fsp3) is 0.727. The second-order valence-corrected chi connectivity index (χ2v) is 4.61. The van der Waals surface area contributed by atoms with E-state index in [4.69, 9.17) is 0 Å². The lowest BCUT2D eigenvalue weighted by Gasteiger charge is -2.16. The first-order valence-electron chi connectivity index (χ1n) is 5.27. The van der Waals surface area contributed by atoms with E-state index in [0.717, 1.165) is 4.90 Å². The van der Waals surface area contributed by atoms with Gasteiger partial charge in [-0.3, -0.25) is 14.4 Å². The van der Waals surface area contributed by atoms with E-state index < -0.39 is 0 Å². The molecule has 1 unspecified atom stereocenters. The third-order valence-corrected chi connectivity index (χ3v) is 2.70. The molecule has 0 aromatic heterocycles. The number of amides is 3. The first kappa shape index (κ1) is 11.9. The molecule has 0 aliphatic carbocycles. The van der Waals surface area contributed by atoms with E-state index in [1.807, 2.05) is 13.8 Å². The molecule has 1 saturated heterocycles. The van der Waals surface area contributed by atoms with Gasteiger partial charge in [-0.1, -0.05) is 27.7 Å². The van der Waals surface area contributed by atoms with Crippen LogP contribution in [0.15, 0.2) is 0 Å². The van der Waals surface area contributed by atoms with Crippen LogP contribution in [0.3, 0.4) is 0 Å². The van der Waals surface area contributed by atoms with E-state index >= 15 is 0 Å². The Kier molecular flexibility index (Phi) is 3.27. The molecule has 0 radical (unpaired) electrons. The summed E-state index contributed by atoms with van der Waals surface area (Å²) in [4.78, 5) is 35.8. The van der Waals surface area contributed by atoms with Gasteiger partial charge in [-0.15, -0.1) is 0 Å². The fourth-order valence-electron chi connectivity index (χ4n) is 1.67. The Morgan fingerprint density at radius 3 is 2.13 bits per heavy atom. The van der Waals surface area contributed by atoms with Crippen LogP contribution in [-0.2, 0) is 14.4 Å². The summed E-state index contributed by atoms with van der Waals surface area (Å²) in [5.74, 6) is -1.59. The van der Waals surface area contributed by atoms with Gasteiger partial charge in [-0.25, -0.2) is 4.90 Å². The molecule has 1 aliphatic heterocycles. The summed E-state index contributed by atoms with van der Waals surface area (Å²) in [6.07, 6.45) is 0.176. The first-order valence-corrected chi connectivity index (χ1v) is 5.27. The van der Waals surface area contributed by atoms with E-state index in [-0.39, 0.29) is 41.9 Å². The summed E-state index contributed by atoms with van der Waals surface area (Å²) in [5.41, 5.74) is 0. The van der Waals surface area contributed by atoms with Crippen molar-refractivity contribution in [3.63, 3.8) is 0 Å². The van der Waals surface area contributed by atoms with Crippen molar-refractivity contribution in [2.75, 3.05) is 0 Å². The number of carbonyl (C=O) groups excluding carboxylic acids is 3. The van der Waals surface area contributed by atoms with Gasteiger partial charge in [0.15, 0.2) is 0 Å². The fourth-order valence-corrected chi connectivity index (χ4v) is 1.67. The molecule has 1 rings (SSSR count). The third-order valence-electron chi connectivity index (χ3n) is 2.70. The summed E-state index contributed by atoms with van der Waals surface area (Å²) >= 11 is 0. The van der Waals surface area contributed by atoms with Crippen LogP contribution in [-0.4, -0.2) is 22.6 Å². The van der Waals surface area contributed by atoms with E-state index in [1.165, 1.54) is 0 Å². The lowest BCUT2D eigenvalue weighted by atomic mass is 9.94. The lowest BCUT2D eigenvalue weighted by Crippen LogP contribution is -2.39. The Balaban J connectivity index is 2.89. The summed E-state index contributed by atoms with van der Waals surface area (Å²) in [7, 11) is 0. The van der Waals surface area contributed by atoms with Crippen molar-refractivity contribution < 1.29 is 14.4 Å². The minimum absolute atomic E-state index is 0.103. The Hall–Kier alpha value is -1.19. The van der Waals surface area contributed by atoms with E-state index in [2.05, 4.69) is 0 Å². The molecule has 0 aromatic carbocycles. The highest BCUT2D eigenvalue weighted by Crippen LogP contribution is 2.27. The maximum absolute atomic E-state index is 11.8. The predicted molar refractivity (Wildman–Crippen MR) is 54.6 cm³/mol. The van der Waals surface area contributed by atoms with Crippen molar-refractivity contribution in [2.24, 2.45) is 17.8 Å². The molecule has 0 bridgehead atoms. The average molecular weight is 211 g/mol. The largest absolute Gasteiger partial charge is 0.274 e. The Bertz CT molecular complexity index is 307. The number of likely N-dealkylation sites (tertiary alicyclic amines) is 1. The van der Waals surface area contributed by atoms with Gasteiger partial charge in [0.05, 0.1) is 5.92 Å². The molecule has 4 nitrogen and oxygen atoms in total. The maximum Gasteiger partial charge on any atom is 0.239 e. The Labute approximate surface area is 89.6 Å². The zero-order valence-electron chi connectivity index (χ0n) is 9.61. The molecule has 0 saturated carbocycles. The maximum atomic E-state index is 11.8. The Morgan fingerprint density at radius 1 is 1.27 bits per heavy atom. The molecule has 15 heavy (non-hydrogen) atoms. The SMILES string of the molecule is CC(C)C(=O)N1C(=O)CC(C(C)C)C1=O. The first-order chi connectivity index (χ1) is 6.86. The highest BCUT2D eigenvalue weighted by molar-refractivity contribution is 6.16. The van der Waals surface area contributed by atoms with Gasteiger partial charge in [0.25, 0.3) is 0 Å². The summed E-state index contributed by atoms with van der Waals surface area (Å²) in [6, 6.07) is 0. The average Bonchev–Trinajstić information content (AvgIpc) is 2.41. The van der Waals surface area contributed by atoms with Crippen molar-refractivity contribution in [1.29, 1.82) is 0 Å². The van der Waals surface area contributed by atoms with Crippen LogP contribution in [0, 0.1) is 17.8 Å². The van der Waals surface area contributed by atoms with E-state index in [1.54, 1.807) is 13.8 Å². The number of carbonyl (C=O) groups is 3. The summed E-state index contributed by atoms with van der Waals surface area (Å²) < 4.78 is 0.